The van der Waals surface area contributed by atoms with Crippen LogP contribution < -0.4 is 17.2 Å². The lowest BCUT2D eigenvalue weighted by molar-refractivity contribution is -0.138. The van der Waals surface area contributed by atoms with Crippen molar-refractivity contribution in [2.75, 3.05) is 0 Å². The summed E-state index contributed by atoms with van der Waals surface area (Å²) in [5.41, 5.74) is 14.5. The van der Waals surface area contributed by atoms with Crippen molar-refractivity contribution in [2.45, 2.75) is 6.18 Å². The van der Waals surface area contributed by atoms with Crippen LogP contribution in [0.5, 0.6) is 0 Å². The quantitative estimate of drug-likeness (QED) is 0.541. The van der Waals surface area contributed by atoms with E-state index >= 15 is 0 Å². The normalized spacial score (nSPS) is 12.3. The van der Waals surface area contributed by atoms with Crippen LogP contribution in [-0.2, 0) is 6.18 Å². The zero-order chi connectivity index (χ0) is 13.9. The van der Waals surface area contributed by atoms with Crippen LogP contribution in [0.15, 0.2) is 32.7 Å². The van der Waals surface area contributed by atoms with E-state index in [2.05, 4.69) is 25.9 Å². The maximum atomic E-state index is 12.6. The van der Waals surface area contributed by atoms with Crippen molar-refractivity contribution in [1.82, 2.24) is 0 Å². The molecule has 6 N–H and O–H groups in total. The maximum Gasteiger partial charge on any atom is 0.417 e. The van der Waals surface area contributed by atoms with Gasteiger partial charge in [0.05, 0.1) is 11.3 Å². The number of hydrogen-bond donors (Lipinski definition) is 3. The lowest BCUT2D eigenvalue weighted by atomic mass is 10.2. The molecule has 0 unspecified atom stereocenters. The first-order valence-electron chi connectivity index (χ1n) is 4.50. The van der Waals surface area contributed by atoms with E-state index in [0.717, 1.165) is 6.07 Å². The Kier molecular flexibility index (Phi) is 4.17. The van der Waals surface area contributed by atoms with Gasteiger partial charge in [-0.25, -0.2) is 4.99 Å². The molecule has 0 aliphatic carbocycles. The summed E-state index contributed by atoms with van der Waals surface area (Å²) in [5, 5.41) is 0. The van der Waals surface area contributed by atoms with E-state index in [4.69, 9.17) is 17.2 Å². The van der Waals surface area contributed by atoms with Crippen LogP contribution in [0.1, 0.15) is 5.56 Å². The summed E-state index contributed by atoms with van der Waals surface area (Å²) in [5.74, 6) is -0.658. The van der Waals surface area contributed by atoms with Crippen molar-refractivity contribution >= 4 is 33.5 Å². The second kappa shape index (κ2) is 5.25. The van der Waals surface area contributed by atoms with Crippen molar-refractivity contribution < 1.29 is 13.2 Å². The Labute approximate surface area is 109 Å². The fourth-order valence-corrected chi connectivity index (χ4v) is 1.56. The second-order valence-electron chi connectivity index (χ2n) is 3.17. The minimum Gasteiger partial charge on any atom is -0.370 e. The van der Waals surface area contributed by atoms with Crippen molar-refractivity contribution in [3.63, 3.8) is 0 Å². The molecule has 0 saturated heterocycles. The molecule has 98 valence electrons. The molecule has 9 heteroatoms. The van der Waals surface area contributed by atoms with E-state index in [-0.39, 0.29) is 22.1 Å². The van der Waals surface area contributed by atoms with Crippen LogP contribution in [0.2, 0.25) is 0 Å². The van der Waals surface area contributed by atoms with Gasteiger partial charge in [0.2, 0.25) is 5.96 Å². The van der Waals surface area contributed by atoms with Gasteiger partial charge in [-0.1, -0.05) is 15.9 Å². The number of guanidine groups is 2. The Hall–Kier alpha value is -1.77. The molecule has 5 nitrogen and oxygen atoms in total. The number of aliphatic imine (C=N–C) groups is 2. The molecule has 0 aromatic heterocycles. The highest BCUT2D eigenvalue weighted by molar-refractivity contribution is 9.10. The lowest BCUT2D eigenvalue weighted by Gasteiger charge is -2.09. The Morgan fingerprint density at radius 1 is 1.17 bits per heavy atom. The molecule has 0 aliphatic rings. The highest BCUT2D eigenvalue weighted by Gasteiger charge is 2.33. The molecule has 1 rings (SSSR count). The van der Waals surface area contributed by atoms with Crippen LogP contribution in [0, 0.1) is 0 Å². The number of rotatable bonds is 1. The molecule has 18 heavy (non-hydrogen) atoms. The third kappa shape index (κ3) is 3.91. The molecule has 1 aromatic carbocycles. The van der Waals surface area contributed by atoms with Gasteiger partial charge in [-0.05, 0) is 18.2 Å². The summed E-state index contributed by atoms with van der Waals surface area (Å²) in [6.07, 6.45) is -4.49. The van der Waals surface area contributed by atoms with Gasteiger partial charge in [-0.2, -0.15) is 18.2 Å². The molecule has 1 aromatic rings. The molecule has 0 aliphatic heterocycles. The molecule has 0 heterocycles. The Morgan fingerprint density at radius 2 is 1.78 bits per heavy atom. The average Bonchev–Trinajstić information content (AvgIpc) is 2.17. The van der Waals surface area contributed by atoms with Gasteiger partial charge in [-0.15, -0.1) is 0 Å². The SMILES string of the molecule is NC(N)=NC(N)=Nc1ccc(Br)c(C(F)(F)F)c1. The first-order valence-corrected chi connectivity index (χ1v) is 5.30. The minimum atomic E-state index is -4.49. The van der Waals surface area contributed by atoms with Crippen molar-refractivity contribution in [3.05, 3.63) is 28.2 Å². The summed E-state index contributed by atoms with van der Waals surface area (Å²) in [7, 11) is 0. The molecule has 0 radical (unpaired) electrons. The van der Waals surface area contributed by atoms with E-state index < -0.39 is 11.7 Å². The third-order valence-electron chi connectivity index (χ3n) is 1.74. The van der Waals surface area contributed by atoms with Crippen molar-refractivity contribution in [2.24, 2.45) is 27.2 Å². The van der Waals surface area contributed by atoms with Gasteiger partial charge in [-0.3, -0.25) is 0 Å². The fourth-order valence-electron chi connectivity index (χ4n) is 1.09. The van der Waals surface area contributed by atoms with Crippen molar-refractivity contribution in [1.29, 1.82) is 0 Å². The van der Waals surface area contributed by atoms with Crippen LogP contribution in [0.4, 0.5) is 18.9 Å². The smallest absolute Gasteiger partial charge is 0.370 e. The van der Waals surface area contributed by atoms with E-state index in [1.807, 2.05) is 0 Å². The molecule has 0 saturated carbocycles. The fraction of sp³-hybridized carbons (Fsp3) is 0.111. The molecule has 0 spiro atoms. The molecule has 0 atom stereocenters. The summed E-state index contributed by atoms with van der Waals surface area (Å²) in [4.78, 5) is 7.03. The maximum absolute atomic E-state index is 12.6. The highest BCUT2D eigenvalue weighted by Crippen LogP contribution is 2.36. The standard InChI is InChI=1S/C9H9BrF3N5/c10-6-2-1-4(3-5(6)9(11,12)13)17-8(16)18-7(14)15/h1-3H,(H6,14,15,16,17,18). The topological polar surface area (TPSA) is 103 Å². The summed E-state index contributed by atoms with van der Waals surface area (Å²) >= 11 is 2.81. The number of nitrogens with zero attached hydrogens (tertiary/aromatic N) is 2. The molecule has 0 amide bonds. The number of benzene rings is 1. The zero-order valence-electron chi connectivity index (χ0n) is 8.87. The first-order chi connectivity index (χ1) is 8.20. The lowest BCUT2D eigenvalue weighted by Crippen LogP contribution is -2.26. The van der Waals surface area contributed by atoms with Crippen LogP contribution >= 0.6 is 15.9 Å². The van der Waals surface area contributed by atoms with Gasteiger partial charge >= 0.3 is 6.18 Å². The minimum absolute atomic E-state index is 0.00646. The highest BCUT2D eigenvalue weighted by atomic mass is 79.9. The average molecular weight is 324 g/mol. The number of halogens is 4. The van der Waals surface area contributed by atoms with Gasteiger partial charge in [0.1, 0.15) is 0 Å². The summed E-state index contributed by atoms with van der Waals surface area (Å²) in [6, 6.07) is 3.39. The van der Waals surface area contributed by atoms with Gasteiger partial charge in [0, 0.05) is 4.47 Å². The summed E-state index contributed by atoms with van der Waals surface area (Å²) in [6.45, 7) is 0. The largest absolute Gasteiger partial charge is 0.417 e. The Bertz CT molecular complexity index is 505. The number of hydrogen-bond acceptors (Lipinski definition) is 1. The van der Waals surface area contributed by atoms with Crippen LogP contribution in [0.3, 0.4) is 0 Å². The summed E-state index contributed by atoms with van der Waals surface area (Å²) < 4.78 is 37.7. The zero-order valence-corrected chi connectivity index (χ0v) is 10.5. The van der Waals surface area contributed by atoms with Gasteiger partial charge < -0.3 is 17.2 Å². The van der Waals surface area contributed by atoms with E-state index in [1.54, 1.807) is 0 Å². The Balaban J connectivity index is 3.18. The van der Waals surface area contributed by atoms with E-state index in [1.165, 1.54) is 12.1 Å². The molecular weight excluding hydrogens is 315 g/mol. The second-order valence-corrected chi connectivity index (χ2v) is 4.02. The van der Waals surface area contributed by atoms with Crippen LogP contribution in [-0.4, -0.2) is 11.9 Å². The van der Waals surface area contributed by atoms with Crippen molar-refractivity contribution in [3.8, 4) is 0 Å². The molecular formula is C9H9BrF3N5. The van der Waals surface area contributed by atoms with Crippen LogP contribution in [0.25, 0.3) is 0 Å². The van der Waals surface area contributed by atoms with Gasteiger partial charge in [0.15, 0.2) is 5.96 Å². The first kappa shape index (κ1) is 14.3. The van der Waals surface area contributed by atoms with Gasteiger partial charge in [0.25, 0.3) is 0 Å². The number of nitrogens with two attached hydrogens (primary N) is 3. The molecule has 0 fully saturated rings. The number of alkyl halides is 3. The monoisotopic (exact) mass is 323 g/mol. The predicted molar refractivity (Wildman–Crippen MR) is 66.2 cm³/mol. The van der Waals surface area contributed by atoms with E-state index in [9.17, 15) is 13.2 Å². The molecule has 0 bridgehead atoms. The predicted octanol–water partition coefficient (Wildman–Crippen LogP) is 1.69. The Morgan fingerprint density at radius 3 is 2.28 bits per heavy atom. The van der Waals surface area contributed by atoms with E-state index in [0.29, 0.717) is 0 Å². The third-order valence-corrected chi connectivity index (χ3v) is 2.43.